The van der Waals surface area contributed by atoms with Crippen LogP contribution in [0, 0.1) is 5.92 Å². The Balaban J connectivity index is 2.79. The summed E-state index contributed by atoms with van der Waals surface area (Å²) < 4.78 is 0. The molecule has 0 saturated heterocycles. The third kappa shape index (κ3) is 6.78. The van der Waals surface area contributed by atoms with Crippen LogP contribution in [0.1, 0.15) is 25.8 Å². The Morgan fingerprint density at radius 2 is 1.71 bits per heavy atom. The van der Waals surface area contributed by atoms with Gasteiger partial charge in [0.2, 0.25) is 11.8 Å². The number of carboxylic acids is 1. The molecule has 1 aromatic rings. The molecular formula is C17H25N3O4. The molecule has 2 amide bonds. The molecule has 0 aliphatic carbocycles. The maximum atomic E-state index is 12.4. The molecule has 132 valence electrons. The molecular weight excluding hydrogens is 310 g/mol. The fourth-order valence-electron chi connectivity index (χ4n) is 2.28. The topological polar surface area (TPSA) is 122 Å². The van der Waals surface area contributed by atoms with Crippen molar-refractivity contribution in [1.82, 2.24) is 10.6 Å². The predicted octanol–water partition coefficient (Wildman–Crippen LogP) is 0.288. The normalized spacial score (nSPS) is 13.2. The molecule has 24 heavy (non-hydrogen) atoms. The van der Waals surface area contributed by atoms with Crippen molar-refractivity contribution in [1.29, 1.82) is 0 Å². The highest BCUT2D eigenvalue weighted by Crippen LogP contribution is 2.07. The van der Waals surface area contributed by atoms with Crippen molar-refractivity contribution in [3.63, 3.8) is 0 Å². The van der Waals surface area contributed by atoms with Gasteiger partial charge >= 0.3 is 5.97 Å². The lowest BCUT2D eigenvalue weighted by Gasteiger charge is -2.22. The SMILES string of the molecule is CC(C)C[C@H](NC(=O)CN)C(=O)N[C@H](Cc1ccccc1)C(=O)O. The fraction of sp³-hybridized carbons (Fsp3) is 0.471. The van der Waals surface area contributed by atoms with E-state index in [1.807, 2.05) is 19.9 Å². The first kappa shape index (κ1) is 19.6. The van der Waals surface area contributed by atoms with Crippen molar-refractivity contribution in [3.8, 4) is 0 Å². The van der Waals surface area contributed by atoms with E-state index < -0.39 is 29.9 Å². The van der Waals surface area contributed by atoms with Crippen LogP contribution in [0.15, 0.2) is 30.3 Å². The van der Waals surface area contributed by atoms with Crippen molar-refractivity contribution < 1.29 is 19.5 Å². The van der Waals surface area contributed by atoms with E-state index in [9.17, 15) is 19.5 Å². The lowest BCUT2D eigenvalue weighted by atomic mass is 10.0. The zero-order valence-electron chi connectivity index (χ0n) is 14.0. The molecule has 2 atom stereocenters. The Labute approximate surface area is 141 Å². The van der Waals surface area contributed by atoms with Crippen molar-refractivity contribution >= 4 is 17.8 Å². The minimum absolute atomic E-state index is 0.149. The molecule has 1 aromatic carbocycles. The standard InChI is InChI=1S/C17H25N3O4/c1-11(2)8-13(19-15(21)10-18)16(22)20-14(17(23)24)9-12-6-4-3-5-7-12/h3-7,11,13-14H,8-10,18H2,1-2H3,(H,19,21)(H,20,22)(H,23,24)/t13-,14+/m0/s1. The van der Waals surface area contributed by atoms with Gasteiger partial charge in [0, 0.05) is 6.42 Å². The van der Waals surface area contributed by atoms with Crippen LogP contribution in [-0.4, -0.2) is 41.5 Å². The summed E-state index contributed by atoms with van der Waals surface area (Å²) in [5, 5.41) is 14.4. The first-order valence-electron chi connectivity index (χ1n) is 7.90. The van der Waals surface area contributed by atoms with Gasteiger partial charge in [-0.25, -0.2) is 4.79 Å². The highest BCUT2D eigenvalue weighted by molar-refractivity contribution is 5.90. The van der Waals surface area contributed by atoms with Crippen LogP contribution in [-0.2, 0) is 20.8 Å². The summed E-state index contributed by atoms with van der Waals surface area (Å²) >= 11 is 0. The van der Waals surface area contributed by atoms with E-state index in [2.05, 4.69) is 10.6 Å². The molecule has 1 rings (SSSR count). The first-order valence-corrected chi connectivity index (χ1v) is 7.90. The Hall–Kier alpha value is -2.41. The van der Waals surface area contributed by atoms with E-state index >= 15 is 0 Å². The van der Waals surface area contributed by atoms with Crippen LogP contribution in [0.4, 0.5) is 0 Å². The number of hydrogen-bond donors (Lipinski definition) is 4. The number of carboxylic acid groups (broad SMARTS) is 1. The van der Waals surface area contributed by atoms with Gasteiger partial charge < -0.3 is 21.5 Å². The lowest BCUT2D eigenvalue weighted by Crippen LogP contribution is -2.53. The molecule has 0 radical (unpaired) electrons. The Bertz CT molecular complexity index is 560. The van der Waals surface area contributed by atoms with Gasteiger partial charge in [-0.1, -0.05) is 44.2 Å². The highest BCUT2D eigenvalue weighted by atomic mass is 16.4. The van der Waals surface area contributed by atoms with Crippen LogP contribution in [0.2, 0.25) is 0 Å². The third-order valence-electron chi connectivity index (χ3n) is 3.44. The summed E-state index contributed by atoms with van der Waals surface area (Å²) in [4.78, 5) is 35.3. The largest absolute Gasteiger partial charge is 0.480 e. The number of nitrogens with two attached hydrogens (primary N) is 1. The van der Waals surface area contributed by atoms with Gasteiger partial charge in [-0.2, -0.15) is 0 Å². The van der Waals surface area contributed by atoms with Crippen molar-refractivity contribution in [2.45, 2.75) is 38.8 Å². The summed E-state index contributed by atoms with van der Waals surface area (Å²) in [6.07, 6.45) is 0.566. The molecule has 5 N–H and O–H groups in total. The van der Waals surface area contributed by atoms with Gasteiger partial charge in [-0.3, -0.25) is 9.59 Å². The van der Waals surface area contributed by atoms with Crippen molar-refractivity contribution in [2.24, 2.45) is 11.7 Å². The van der Waals surface area contributed by atoms with Crippen LogP contribution < -0.4 is 16.4 Å². The average molecular weight is 335 g/mol. The van der Waals surface area contributed by atoms with Gasteiger partial charge in [-0.15, -0.1) is 0 Å². The smallest absolute Gasteiger partial charge is 0.326 e. The second-order valence-corrected chi connectivity index (χ2v) is 6.04. The van der Waals surface area contributed by atoms with E-state index in [-0.39, 0.29) is 18.9 Å². The number of nitrogens with one attached hydrogen (secondary N) is 2. The summed E-state index contributed by atoms with van der Waals surface area (Å²) in [6, 6.07) is 7.16. The van der Waals surface area contributed by atoms with Crippen molar-refractivity contribution in [3.05, 3.63) is 35.9 Å². The highest BCUT2D eigenvalue weighted by Gasteiger charge is 2.27. The summed E-state index contributed by atoms with van der Waals surface area (Å²) in [5.74, 6) is -1.95. The van der Waals surface area contributed by atoms with E-state index in [0.29, 0.717) is 6.42 Å². The number of benzene rings is 1. The second kappa shape index (κ2) is 9.67. The van der Waals surface area contributed by atoms with Crippen LogP contribution in [0.25, 0.3) is 0 Å². The summed E-state index contributed by atoms with van der Waals surface area (Å²) in [6.45, 7) is 3.59. The van der Waals surface area contributed by atoms with Crippen LogP contribution >= 0.6 is 0 Å². The molecule has 0 bridgehead atoms. The van der Waals surface area contributed by atoms with Gasteiger partial charge in [0.15, 0.2) is 0 Å². The molecule has 0 heterocycles. The molecule has 7 heteroatoms. The summed E-state index contributed by atoms with van der Waals surface area (Å²) in [5.41, 5.74) is 6.07. The molecule has 7 nitrogen and oxygen atoms in total. The van der Waals surface area contributed by atoms with Gasteiger partial charge in [0.1, 0.15) is 12.1 Å². The number of carbonyl (C=O) groups excluding carboxylic acids is 2. The number of amides is 2. The Kier molecular flexibility index (Phi) is 7.91. The van der Waals surface area contributed by atoms with Crippen molar-refractivity contribution in [2.75, 3.05) is 6.54 Å². The molecule has 0 fully saturated rings. The average Bonchev–Trinajstić information content (AvgIpc) is 2.53. The maximum absolute atomic E-state index is 12.4. The lowest BCUT2D eigenvalue weighted by molar-refractivity contribution is -0.142. The third-order valence-corrected chi connectivity index (χ3v) is 3.44. The minimum atomic E-state index is -1.12. The Morgan fingerprint density at radius 1 is 1.08 bits per heavy atom. The van der Waals surface area contributed by atoms with Gasteiger partial charge in [-0.05, 0) is 17.9 Å². The quantitative estimate of drug-likeness (QED) is 0.517. The monoisotopic (exact) mass is 335 g/mol. The van der Waals surface area contributed by atoms with E-state index in [1.165, 1.54) is 0 Å². The fourth-order valence-corrected chi connectivity index (χ4v) is 2.28. The molecule has 0 aromatic heterocycles. The van der Waals surface area contributed by atoms with Crippen LogP contribution in [0.5, 0.6) is 0 Å². The number of aliphatic carboxylic acids is 1. The molecule has 0 unspecified atom stereocenters. The number of hydrogen-bond acceptors (Lipinski definition) is 4. The van der Waals surface area contributed by atoms with E-state index in [4.69, 9.17) is 5.73 Å². The molecule has 0 aliphatic rings. The molecule has 0 saturated carbocycles. The second-order valence-electron chi connectivity index (χ2n) is 6.04. The maximum Gasteiger partial charge on any atom is 0.326 e. The van der Waals surface area contributed by atoms with E-state index in [0.717, 1.165) is 5.56 Å². The minimum Gasteiger partial charge on any atom is -0.480 e. The summed E-state index contributed by atoms with van der Waals surface area (Å²) in [7, 11) is 0. The number of rotatable bonds is 9. The molecule has 0 aliphatic heterocycles. The zero-order valence-corrected chi connectivity index (χ0v) is 14.0. The predicted molar refractivity (Wildman–Crippen MR) is 90.2 cm³/mol. The van der Waals surface area contributed by atoms with Gasteiger partial charge in [0.25, 0.3) is 0 Å². The Morgan fingerprint density at radius 3 is 2.21 bits per heavy atom. The molecule has 0 spiro atoms. The zero-order chi connectivity index (χ0) is 18.1. The van der Waals surface area contributed by atoms with E-state index in [1.54, 1.807) is 24.3 Å². The number of carbonyl (C=O) groups is 3. The van der Waals surface area contributed by atoms with Gasteiger partial charge in [0.05, 0.1) is 6.54 Å². The first-order chi connectivity index (χ1) is 11.3. The van der Waals surface area contributed by atoms with Crippen LogP contribution in [0.3, 0.4) is 0 Å².